The molecule has 0 heterocycles. The summed E-state index contributed by atoms with van der Waals surface area (Å²) in [7, 11) is 0. The molecule has 22 heavy (non-hydrogen) atoms. The van der Waals surface area contributed by atoms with Crippen LogP contribution in [0.25, 0.3) is 6.08 Å². The van der Waals surface area contributed by atoms with Gasteiger partial charge in [-0.15, -0.1) is 0 Å². The van der Waals surface area contributed by atoms with Crippen molar-refractivity contribution >= 4 is 17.7 Å². The van der Waals surface area contributed by atoms with Crippen molar-refractivity contribution in [2.45, 2.75) is 13.1 Å². The van der Waals surface area contributed by atoms with E-state index < -0.39 is 11.7 Å². The van der Waals surface area contributed by atoms with Crippen LogP contribution in [0.5, 0.6) is 0 Å². The Labute approximate surface area is 126 Å². The van der Waals surface area contributed by atoms with E-state index in [1.54, 1.807) is 6.07 Å². The fourth-order valence-electron chi connectivity index (χ4n) is 1.84. The Morgan fingerprint density at radius 1 is 1.05 bits per heavy atom. The van der Waals surface area contributed by atoms with Gasteiger partial charge >= 0.3 is 6.18 Å². The average Bonchev–Trinajstić information content (AvgIpc) is 2.47. The van der Waals surface area contributed by atoms with Gasteiger partial charge in [0.1, 0.15) is 0 Å². The van der Waals surface area contributed by atoms with E-state index in [9.17, 15) is 18.0 Å². The zero-order valence-electron chi connectivity index (χ0n) is 11.8. The Bertz CT molecular complexity index is 688. The third kappa shape index (κ3) is 4.22. The first kappa shape index (κ1) is 15.8. The molecule has 1 amide bonds. The SMILES string of the molecule is Cc1ccccc1NC(=O)/C=C/c1ccc(C(F)(F)F)cc1. The van der Waals surface area contributed by atoms with Crippen molar-refractivity contribution < 1.29 is 18.0 Å². The maximum Gasteiger partial charge on any atom is 0.416 e. The van der Waals surface area contributed by atoms with Crippen LogP contribution in [0.2, 0.25) is 0 Å². The molecule has 0 spiro atoms. The molecule has 2 nitrogen and oxygen atoms in total. The van der Waals surface area contributed by atoms with Crippen LogP contribution < -0.4 is 5.32 Å². The van der Waals surface area contributed by atoms with Gasteiger partial charge in [0.25, 0.3) is 0 Å². The van der Waals surface area contributed by atoms with Crippen LogP contribution in [-0.2, 0) is 11.0 Å². The van der Waals surface area contributed by atoms with Crippen LogP contribution in [0.15, 0.2) is 54.6 Å². The van der Waals surface area contributed by atoms with E-state index in [-0.39, 0.29) is 5.91 Å². The molecule has 0 bridgehead atoms. The molecule has 0 unspecified atom stereocenters. The Morgan fingerprint density at radius 2 is 1.68 bits per heavy atom. The summed E-state index contributed by atoms with van der Waals surface area (Å²) >= 11 is 0. The zero-order valence-corrected chi connectivity index (χ0v) is 11.8. The van der Waals surface area contributed by atoms with Gasteiger partial charge in [-0.3, -0.25) is 4.79 Å². The Balaban J connectivity index is 2.02. The quantitative estimate of drug-likeness (QED) is 0.821. The third-order valence-electron chi connectivity index (χ3n) is 3.07. The third-order valence-corrected chi connectivity index (χ3v) is 3.07. The van der Waals surface area contributed by atoms with Gasteiger partial charge in [-0.25, -0.2) is 0 Å². The van der Waals surface area contributed by atoms with Gasteiger partial charge in [0.2, 0.25) is 5.91 Å². The molecule has 2 aromatic rings. The number of hydrogen-bond donors (Lipinski definition) is 1. The molecular formula is C17H14F3NO. The molecule has 2 aromatic carbocycles. The number of hydrogen-bond acceptors (Lipinski definition) is 1. The zero-order chi connectivity index (χ0) is 16.2. The minimum Gasteiger partial charge on any atom is -0.322 e. The lowest BCUT2D eigenvalue weighted by Crippen LogP contribution is -2.08. The van der Waals surface area contributed by atoms with Crippen molar-refractivity contribution in [1.29, 1.82) is 0 Å². The van der Waals surface area contributed by atoms with Crippen LogP contribution in [0.3, 0.4) is 0 Å². The molecule has 2 rings (SSSR count). The van der Waals surface area contributed by atoms with Gasteiger partial charge in [0.15, 0.2) is 0 Å². The second-order valence-corrected chi connectivity index (χ2v) is 4.76. The van der Waals surface area contributed by atoms with Gasteiger partial charge in [-0.2, -0.15) is 13.2 Å². The van der Waals surface area contributed by atoms with E-state index in [1.165, 1.54) is 24.3 Å². The number of nitrogens with one attached hydrogen (secondary N) is 1. The van der Waals surface area contributed by atoms with Crippen LogP contribution in [0, 0.1) is 6.92 Å². The maximum absolute atomic E-state index is 12.4. The highest BCUT2D eigenvalue weighted by atomic mass is 19.4. The smallest absolute Gasteiger partial charge is 0.322 e. The van der Waals surface area contributed by atoms with Crippen LogP contribution in [0.1, 0.15) is 16.7 Å². The second-order valence-electron chi connectivity index (χ2n) is 4.76. The normalized spacial score (nSPS) is 11.6. The highest BCUT2D eigenvalue weighted by Crippen LogP contribution is 2.29. The number of amides is 1. The van der Waals surface area contributed by atoms with E-state index in [2.05, 4.69) is 5.32 Å². The number of carbonyl (C=O) groups excluding carboxylic acids is 1. The number of rotatable bonds is 3. The molecule has 0 atom stereocenters. The lowest BCUT2D eigenvalue weighted by molar-refractivity contribution is -0.137. The molecule has 0 radical (unpaired) electrons. The molecule has 0 saturated carbocycles. The highest BCUT2D eigenvalue weighted by molar-refractivity contribution is 6.02. The first-order valence-electron chi connectivity index (χ1n) is 6.58. The fraction of sp³-hybridized carbons (Fsp3) is 0.118. The number of alkyl halides is 3. The number of anilines is 1. The average molecular weight is 305 g/mol. The molecule has 5 heteroatoms. The van der Waals surface area contributed by atoms with Crippen molar-refractivity contribution in [3.05, 3.63) is 71.3 Å². The number of halogens is 3. The molecule has 0 aliphatic rings. The summed E-state index contributed by atoms with van der Waals surface area (Å²) in [5, 5.41) is 2.71. The van der Waals surface area contributed by atoms with E-state index in [1.807, 2.05) is 25.1 Å². The van der Waals surface area contributed by atoms with Gasteiger partial charge in [0, 0.05) is 11.8 Å². The number of carbonyl (C=O) groups is 1. The standard InChI is InChI=1S/C17H14F3NO/c1-12-4-2-3-5-15(12)21-16(22)11-8-13-6-9-14(10-7-13)17(18,19)20/h2-11H,1H3,(H,21,22)/b11-8+. The Kier molecular flexibility index (Phi) is 4.65. The van der Waals surface area contributed by atoms with Crippen LogP contribution >= 0.6 is 0 Å². The predicted octanol–water partition coefficient (Wildman–Crippen LogP) is 4.67. The van der Waals surface area contributed by atoms with Gasteiger partial charge in [0.05, 0.1) is 5.56 Å². The first-order valence-corrected chi connectivity index (χ1v) is 6.58. The summed E-state index contributed by atoms with van der Waals surface area (Å²) in [6, 6.07) is 11.9. The predicted molar refractivity (Wildman–Crippen MR) is 80.3 cm³/mol. The van der Waals surface area contributed by atoms with Crippen molar-refractivity contribution in [3.63, 3.8) is 0 Å². The second kappa shape index (κ2) is 6.47. The summed E-state index contributed by atoms with van der Waals surface area (Å²) in [5.74, 6) is -0.339. The Hall–Kier alpha value is -2.56. The lowest BCUT2D eigenvalue weighted by atomic mass is 10.1. The minimum atomic E-state index is -4.36. The monoisotopic (exact) mass is 305 g/mol. The summed E-state index contributed by atoms with van der Waals surface area (Å²) < 4.78 is 37.3. The molecule has 1 N–H and O–H groups in total. The molecule has 0 fully saturated rings. The first-order chi connectivity index (χ1) is 10.4. The molecule has 114 valence electrons. The Morgan fingerprint density at radius 3 is 2.27 bits per heavy atom. The van der Waals surface area contributed by atoms with Crippen molar-refractivity contribution in [2.24, 2.45) is 0 Å². The maximum atomic E-state index is 12.4. The van der Waals surface area contributed by atoms with Gasteiger partial charge in [-0.1, -0.05) is 30.3 Å². The topological polar surface area (TPSA) is 29.1 Å². The molecule has 0 saturated heterocycles. The molecule has 0 aliphatic carbocycles. The van der Waals surface area contributed by atoms with E-state index in [0.717, 1.165) is 17.7 Å². The van der Waals surface area contributed by atoms with E-state index >= 15 is 0 Å². The van der Waals surface area contributed by atoms with Crippen molar-refractivity contribution in [3.8, 4) is 0 Å². The lowest BCUT2D eigenvalue weighted by Gasteiger charge is -2.06. The molecule has 0 aromatic heterocycles. The van der Waals surface area contributed by atoms with Gasteiger partial charge in [-0.05, 0) is 42.3 Å². The summed E-state index contributed by atoms with van der Waals surface area (Å²) in [4.78, 5) is 11.8. The highest BCUT2D eigenvalue weighted by Gasteiger charge is 2.29. The summed E-state index contributed by atoms with van der Waals surface area (Å²) in [6.07, 6.45) is -1.60. The fourth-order valence-corrected chi connectivity index (χ4v) is 1.84. The molecule has 0 aliphatic heterocycles. The summed E-state index contributed by atoms with van der Waals surface area (Å²) in [5.41, 5.74) is 1.44. The van der Waals surface area contributed by atoms with E-state index in [0.29, 0.717) is 11.3 Å². The van der Waals surface area contributed by atoms with Crippen LogP contribution in [-0.4, -0.2) is 5.91 Å². The van der Waals surface area contributed by atoms with Crippen molar-refractivity contribution in [2.75, 3.05) is 5.32 Å². The van der Waals surface area contributed by atoms with Crippen LogP contribution in [0.4, 0.5) is 18.9 Å². The van der Waals surface area contributed by atoms with E-state index in [4.69, 9.17) is 0 Å². The minimum absolute atomic E-state index is 0.339. The van der Waals surface area contributed by atoms with Crippen molar-refractivity contribution in [1.82, 2.24) is 0 Å². The molecular weight excluding hydrogens is 291 g/mol. The summed E-state index contributed by atoms with van der Waals surface area (Å²) in [6.45, 7) is 1.87. The largest absolute Gasteiger partial charge is 0.416 e. The number of para-hydroxylation sites is 1. The number of aryl methyl sites for hydroxylation is 1. The van der Waals surface area contributed by atoms with Gasteiger partial charge < -0.3 is 5.32 Å². The number of benzene rings is 2.